The Morgan fingerprint density at radius 3 is 2.94 bits per heavy atom. The van der Waals surface area contributed by atoms with Crippen molar-refractivity contribution in [1.82, 2.24) is 9.88 Å². The van der Waals surface area contributed by atoms with Crippen LogP contribution in [-0.2, 0) is 6.54 Å². The van der Waals surface area contributed by atoms with Crippen molar-refractivity contribution in [3.63, 3.8) is 0 Å². The number of nitrogen functional groups attached to an aromatic ring is 1. The van der Waals surface area contributed by atoms with Gasteiger partial charge in [-0.05, 0) is 31.7 Å². The van der Waals surface area contributed by atoms with Gasteiger partial charge in [0.2, 0.25) is 0 Å². The first-order chi connectivity index (χ1) is 8.16. The molecule has 0 aliphatic rings. The van der Waals surface area contributed by atoms with Crippen molar-refractivity contribution in [2.75, 3.05) is 12.8 Å². The molecule has 0 aliphatic heterocycles. The fourth-order valence-corrected chi connectivity index (χ4v) is 2.43. The number of nitrogens with two attached hydrogens (primary N) is 1. The molecule has 17 heavy (non-hydrogen) atoms. The third-order valence-corrected chi connectivity index (χ3v) is 3.69. The van der Waals surface area contributed by atoms with Gasteiger partial charge in [0.05, 0.1) is 6.54 Å². The number of hydrogen-bond donors (Lipinski definition) is 1. The molecule has 1 heterocycles. The van der Waals surface area contributed by atoms with Gasteiger partial charge in [-0.15, -0.1) is 11.3 Å². The number of aromatic nitrogens is 1. The van der Waals surface area contributed by atoms with E-state index in [1.54, 1.807) is 11.3 Å². The smallest absolute Gasteiger partial charge is 0.107 e. The van der Waals surface area contributed by atoms with Crippen molar-refractivity contribution >= 4 is 17.0 Å². The molecule has 0 spiro atoms. The summed E-state index contributed by atoms with van der Waals surface area (Å²) in [7, 11) is 2.11. The van der Waals surface area contributed by atoms with Gasteiger partial charge >= 0.3 is 0 Å². The maximum atomic E-state index is 5.80. The Balaban J connectivity index is 2.06. The SMILES string of the molecule is CC(c1cccc(N)c1)N(C)Cc1nccs1. The summed E-state index contributed by atoms with van der Waals surface area (Å²) in [5.74, 6) is 0. The number of rotatable bonds is 4. The zero-order valence-corrected chi connectivity index (χ0v) is 10.9. The van der Waals surface area contributed by atoms with Crippen molar-refractivity contribution in [1.29, 1.82) is 0 Å². The fourth-order valence-electron chi connectivity index (χ4n) is 1.75. The van der Waals surface area contributed by atoms with E-state index in [1.807, 2.05) is 29.8 Å². The highest BCUT2D eigenvalue weighted by Gasteiger charge is 2.12. The molecule has 1 aromatic carbocycles. The minimum Gasteiger partial charge on any atom is -0.399 e. The molecular weight excluding hydrogens is 230 g/mol. The van der Waals surface area contributed by atoms with Crippen LogP contribution in [0.4, 0.5) is 5.69 Å². The molecule has 0 saturated heterocycles. The van der Waals surface area contributed by atoms with E-state index in [9.17, 15) is 0 Å². The lowest BCUT2D eigenvalue weighted by molar-refractivity contribution is 0.253. The van der Waals surface area contributed by atoms with Gasteiger partial charge in [-0.2, -0.15) is 0 Å². The van der Waals surface area contributed by atoms with Crippen molar-refractivity contribution in [3.05, 3.63) is 46.4 Å². The van der Waals surface area contributed by atoms with Crippen molar-refractivity contribution in [3.8, 4) is 0 Å². The number of benzene rings is 1. The largest absolute Gasteiger partial charge is 0.399 e. The molecule has 1 unspecified atom stereocenters. The molecule has 0 saturated carbocycles. The van der Waals surface area contributed by atoms with Crippen LogP contribution in [0.3, 0.4) is 0 Å². The summed E-state index contributed by atoms with van der Waals surface area (Å²) < 4.78 is 0. The minimum absolute atomic E-state index is 0.336. The maximum Gasteiger partial charge on any atom is 0.107 e. The zero-order chi connectivity index (χ0) is 12.3. The number of anilines is 1. The molecule has 0 radical (unpaired) electrons. The lowest BCUT2D eigenvalue weighted by Crippen LogP contribution is -2.21. The van der Waals surface area contributed by atoms with Gasteiger partial charge in [-0.1, -0.05) is 12.1 Å². The van der Waals surface area contributed by atoms with Crippen molar-refractivity contribution < 1.29 is 0 Å². The third kappa shape index (κ3) is 3.05. The molecule has 2 aromatic rings. The molecule has 2 N–H and O–H groups in total. The van der Waals surface area contributed by atoms with Gasteiger partial charge in [0.1, 0.15) is 5.01 Å². The Labute approximate surface area is 106 Å². The molecular formula is C13H17N3S. The lowest BCUT2D eigenvalue weighted by atomic mass is 10.1. The average molecular weight is 247 g/mol. The quantitative estimate of drug-likeness (QED) is 0.845. The van der Waals surface area contributed by atoms with E-state index in [4.69, 9.17) is 5.73 Å². The molecule has 0 bridgehead atoms. The lowest BCUT2D eigenvalue weighted by Gasteiger charge is -2.24. The van der Waals surface area contributed by atoms with Crippen LogP contribution in [0.25, 0.3) is 0 Å². The molecule has 0 fully saturated rings. The zero-order valence-electron chi connectivity index (χ0n) is 10.1. The molecule has 2 rings (SSSR count). The Bertz CT molecular complexity index is 467. The Morgan fingerprint density at radius 2 is 2.29 bits per heavy atom. The first-order valence-electron chi connectivity index (χ1n) is 5.61. The Kier molecular flexibility index (Phi) is 3.76. The maximum absolute atomic E-state index is 5.80. The summed E-state index contributed by atoms with van der Waals surface area (Å²) in [6, 6.07) is 8.39. The van der Waals surface area contributed by atoms with Gasteiger partial charge < -0.3 is 5.73 Å². The van der Waals surface area contributed by atoms with E-state index >= 15 is 0 Å². The van der Waals surface area contributed by atoms with Crippen LogP contribution in [0.15, 0.2) is 35.8 Å². The highest BCUT2D eigenvalue weighted by molar-refractivity contribution is 7.09. The summed E-state index contributed by atoms with van der Waals surface area (Å²) in [6.07, 6.45) is 1.85. The highest BCUT2D eigenvalue weighted by atomic mass is 32.1. The van der Waals surface area contributed by atoms with E-state index in [0.29, 0.717) is 6.04 Å². The van der Waals surface area contributed by atoms with Crippen LogP contribution in [-0.4, -0.2) is 16.9 Å². The van der Waals surface area contributed by atoms with Crippen molar-refractivity contribution in [2.45, 2.75) is 19.5 Å². The standard InChI is InChI=1S/C13H17N3S/c1-10(11-4-3-5-12(14)8-11)16(2)9-13-15-6-7-17-13/h3-8,10H,9,14H2,1-2H3. The average Bonchev–Trinajstić information content (AvgIpc) is 2.80. The molecule has 0 aliphatic carbocycles. The predicted molar refractivity (Wildman–Crippen MR) is 72.9 cm³/mol. The topological polar surface area (TPSA) is 42.1 Å². The predicted octanol–water partition coefficient (Wildman–Crippen LogP) is 2.92. The monoisotopic (exact) mass is 247 g/mol. The summed E-state index contributed by atoms with van der Waals surface area (Å²) in [5.41, 5.74) is 7.86. The first kappa shape index (κ1) is 12.1. The Morgan fingerprint density at radius 1 is 1.47 bits per heavy atom. The van der Waals surface area contributed by atoms with Gasteiger partial charge in [-0.25, -0.2) is 4.98 Å². The van der Waals surface area contributed by atoms with E-state index in [1.165, 1.54) is 5.56 Å². The minimum atomic E-state index is 0.336. The Hall–Kier alpha value is -1.39. The van der Waals surface area contributed by atoms with Crippen LogP contribution >= 0.6 is 11.3 Å². The van der Waals surface area contributed by atoms with E-state index < -0.39 is 0 Å². The van der Waals surface area contributed by atoms with Gasteiger partial charge in [0.15, 0.2) is 0 Å². The molecule has 3 nitrogen and oxygen atoms in total. The van der Waals surface area contributed by atoms with Gasteiger partial charge in [-0.3, -0.25) is 4.90 Å². The normalized spacial score (nSPS) is 12.9. The molecule has 90 valence electrons. The van der Waals surface area contributed by atoms with Crippen LogP contribution in [0.5, 0.6) is 0 Å². The second-order valence-electron chi connectivity index (χ2n) is 4.19. The van der Waals surface area contributed by atoms with Crippen LogP contribution < -0.4 is 5.73 Å². The summed E-state index contributed by atoms with van der Waals surface area (Å²) in [5, 5.41) is 3.15. The molecule has 1 atom stereocenters. The van der Waals surface area contributed by atoms with Gasteiger partial charge in [0, 0.05) is 23.3 Å². The summed E-state index contributed by atoms with van der Waals surface area (Å²) >= 11 is 1.69. The summed E-state index contributed by atoms with van der Waals surface area (Å²) in [6.45, 7) is 3.05. The third-order valence-electron chi connectivity index (χ3n) is 2.92. The number of thiazole rings is 1. The first-order valence-corrected chi connectivity index (χ1v) is 6.49. The highest BCUT2D eigenvalue weighted by Crippen LogP contribution is 2.22. The molecule has 1 aromatic heterocycles. The van der Waals surface area contributed by atoms with E-state index in [-0.39, 0.29) is 0 Å². The molecule has 4 heteroatoms. The second kappa shape index (κ2) is 5.29. The number of hydrogen-bond acceptors (Lipinski definition) is 4. The van der Waals surface area contributed by atoms with Crippen LogP contribution in [0, 0.1) is 0 Å². The van der Waals surface area contributed by atoms with E-state index in [2.05, 4.69) is 29.9 Å². The summed E-state index contributed by atoms with van der Waals surface area (Å²) in [4.78, 5) is 6.57. The van der Waals surface area contributed by atoms with Crippen LogP contribution in [0.1, 0.15) is 23.5 Å². The van der Waals surface area contributed by atoms with Crippen molar-refractivity contribution in [2.24, 2.45) is 0 Å². The fraction of sp³-hybridized carbons (Fsp3) is 0.308. The van der Waals surface area contributed by atoms with Crippen LogP contribution in [0.2, 0.25) is 0 Å². The van der Waals surface area contributed by atoms with Gasteiger partial charge in [0.25, 0.3) is 0 Å². The van der Waals surface area contributed by atoms with E-state index in [0.717, 1.165) is 17.2 Å². The second-order valence-corrected chi connectivity index (χ2v) is 5.17. The molecule has 0 amide bonds. The number of nitrogens with zero attached hydrogens (tertiary/aromatic N) is 2.